The molecule has 0 saturated carbocycles. The van der Waals surface area contributed by atoms with Gasteiger partial charge in [0.15, 0.2) is 0 Å². The summed E-state index contributed by atoms with van der Waals surface area (Å²) >= 11 is -0.688. The van der Waals surface area contributed by atoms with E-state index < -0.39 is 15.8 Å². The second kappa shape index (κ2) is 4.39. The van der Waals surface area contributed by atoms with Crippen LogP contribution in [-0.2, 0) is 4.79 Å². The Labute approximate surface area is 82.4 Å². The molecule has 11 heavy (non-hydrogen) atoms. The molecule has 68 valence electrons. The van der Waals surface area contributed by atoms with Gasteiger partial charge in [-0.2, -0.15) is 0 Å². The van der Waals surface area contributed by atoms with E-state index in [4.69, 9.17) is 0 Å². The van der Waals surface area contributed by atoms with Crippen LogP contribution in [0.4, 0.5) is 0 Å². The third kappa shape index (κ3) is 2.54. The summed E-state index contributed by atoms with van der Waals surface area (Å²) < 4.78 is 2.98. The minimum absolute atomic E-state index is 0.0363. The Hall–Kier alpha value is 1.13. The first-order chi connectivity index (χ1) is 5.15. The first kappa shape index (κ1) is 10.2. The number of carbonyl (C=O) groups is 1. The zero-order chi connectivity index (χ0) is 8.43. The molecule has 0 aromatic heterocycles. The van der Waals surface area contributed by atoms with Crippen LogP contribution in [0.3, 0.4) is 0 Å². The van der Waals surface area contributed by atoms with Crippen molar-refractivity contribution in [2.45, 2.75) is 31.1 Å². The van der Waals surface area contributed by atoms with Gasteiger partial charge in [-0.25, -0.2) is 0 Å². The van der Waals surface area contributed by atoms with E-state index in [-0.39, 0.29) is 17.2 Å². The fourth-order valence-electron chi connectivity index (χ4n) is 1.14. The van der Waals surface area contributed by atoms with E-state index in [1.165, 1.54) is 4.43 Å². The van der Waals surface area contributed by atoms with Crippen molar-refractivity contribution >= 4 is 19.6 Å². The maximum atomic E-state index is 11.3. The van der Waals surface area contributed by atoms with Gasteiger partial charge >= 0.3 is 83.1 Å². The Morgan fingerprint density at radius 1 is 1.64 bits per heavy atom. The van der Waals surface area contributed by atoms with Crippen LogP contribution in [0.2, 0.25) is 0 Å². The van der Waals surface area contributed by atoms with Crippen molar-refractivity contribution in [3.63, 3.8) is 0 Å². The molecular formula is C8H15I2O-. The summed E-state index contributed by atoms with van der Waals surface area (Å²) in [5.41, 5.74) is 0. The average Bonchev–Trinajstić information content (AvgIpc) is 1.96. The summed E-state index contributed by atoms with van der Waals surface area (Å²) in [6, 6.07) is 0. The van der Waals surface area contributed by atoms with Crippen LogP contribution in [0.1, 0.15) is 27.2 Å². The third-order valence-electron chi connectivity index (χ3n) is 2.07. The Bertz CT molecular complexity index is 158. The molecule has 0 spiro atoms. The van der Waals surface area contributed by atoms with Crippen molar-refractivity contribution < 1.29 is 22.0 Å². The number of hydrogen-bond donors (Lipinski definition) is 0. The Morgan fingerprint density at radius 3 is 2.82 bits per heavy atom. The molecule has 1 nitrogen and oxygen atoms in total. The van der Waals surface area contributed by atoms with Crippen molar-refractivity contribution in [1.29, 1.82) is 0 Å². The molecule has 0 amide bonds. The summed E-state index contributed by atoms with van der Waals surface area (Å²) in [5.74, 6) is 0.709. The molecule has 0 N–H and O–H groups in total. The van der Waals surface area contributed by atoms with Crippen LogP contribution in [0.5, 0.6) is 0 Å². The molecule has 0 aromatic carbocycles. The van der Waals surface area contributed by atoms with E-state index in [0.29, 0.717) is 9.71 Å². The van der Waals surface area contributed by atoms with Gasteiger partial charge in [-0.1, -0.05) is 0 Å². The van der Waals surface area contributed by atoms with Crippen molar-refractivity contribution in [2.24, 2.45) is 5.92 Å². The molecule has 0 aromatic rings. The molecule has 1 aliphatic heterocycles. The quantitative estimate of drug-likeness (QED) is 0.339. The van der Waals surface area contributed by atoms with Crippen molar-refractivity contribution in [1.82, 2.24) is 0 Å². The molecule has 2 unspecified atom stereocenters. The molecule has 1 aliphatic rings. The Morgan fingerprint density at radius 2 is 2.27 bits per heavy atom. The fraction of sp³-hybridized carbons (Fsp3) is 0.875. The molecule has 1 heterocycles. The van der Waals surface area contributed by atoms with E-state index >= 15 is 0 Å². The summed E-state index contributed by atoms with van der Waals surface area (Å²) in [5, 5.41) is 0. The maximum absolute atomic E-state index is 11.3. The number of alkyl halides is 2. The molecule has 1 rings (SSSR count). The van der Waals surface area contributed by atoms with Crippen LogP contribution in [-0.4, -0.2) is 12.1 Å². The third-order valence-corrected chi connectivity index (χ3v) is 23.7. The summed E-state index contributed by atoms with van der Waals surface area (Å²) in [6.07, 6.45) is 0.905. The van der Waals surface area contributed by atoms with E-state index in [1.54, 1.807) is 0 Å². The van der Waals surface area contributed by atoms with Gasteiger partial charge in [-0.05, 0) is 0 Å². The molecule has 2 atom stereocenters. The fourth-order valence-corrected chi connectivity index (χ4v) is 18.8. The molecule has 1 fully saturated rings. The molecule has 0 aliphatic carbocycles. The van der Waals surface area contributed by atoms with Gasteiger partial charge < -0.3 is 0 Å². The SMILES string of the molecule is CCI1[I-]C(=O)CC(C)C1C. The van der Waals surface area contributed by atoms with E-state index in [2.05, 4.69) is 20.8 Å². The second-order valence-electron chi connectivity index (χ2n) is 2.89. The van der Waals surface area contributed by atoms with E-state index in [9.17, 15) is 4.79 Å². The molecule has 3 heteroatoms. The predicted molar refractivity (Wildman–Crippen MR) is 52.8 cm³/mol. The molecule has 0 bridgehead atoms. The summed E-state index contributed by atoms with van der Waals surface area (Å²) in [6.45, 7) is 6.92. The van der Waals surface area contributed by atoms with Crippen LogP contribution in [0, 0.1) is 5.92 Å². The minimum atomic E-state index is -0.724. The van der Waals surface area contributed by atoms with Crippen molar-refractivity contribution in [2.75, 3.05) is 4.43 Å². The zero-order valence-electron chi connectivity index (χ0n) is 7.23. The number of hydrogen-bond acceptors (Lipinski definition) is 1. The number of halogens is 2. The number of carbonyl (C=O) groups excluding carboxylic acids is 1. The van der Waals surface area contributed by atoms with Gasteiger partial charge in [0.1, 0.15) is 0 Å². The second-order valence-corrected chi connectivity index (χ2v) is 19.7. The average molecular weight is 381 g/mol. The monoisotopic (exact) mass is 381 g/mol. The standard InChI is InChI=1S/C8H15I2O/c1-4-10-7(3)6(2)5-8(11)9-10/h6-7H,4-5H2,1-3H3/q-1. The van der Waals surface area contributed by atoms with E-state index in [1.807, 2.05) is 0 Å². The van der Waals surface area contributed by atoms with Crippen LogP contribution in [0.15, 0.2) is 0 Å². The predicted octanol–water partition coefficient (Wildman–Crippen LogP) is -0.528. The zero-order valence-corrected chi connectivity index (χ0v) is 11.5. The van der Waals surface area contributed by atoms with Gasteiger partial charge in [0.05, 0.1) is 0 Å². The van der Waals surface area contributed by atoms with Gasteiger partial charge in [0.25, 0.3) is 0 Å². The van der Waals surface area contributed by atoms with Crippen molar-refractivity contribution in [3.05, 3.63) is 0 Å². The Kier molecular flexibility index (Phi) is 4.08. The first-order valence-electron chi connectivity index (χ1n) is 3.98. The Balaban J connectivity index is 2.58. The van der Waals surface area contributed by atoms with Crippen LogP contribution >= 0.6 is 15.8 Å². The summed E-state index contributed by atoms with van der Waals surface area (Å²) in [4.78, 5) is 11.3. The molecule has 1 saturated heterocycles. The van der Waals surface area contributed by atoms with Gasteiger partial charge in [0, 0.05) is 0 Å². The van der Waals surface area contributed by atoms with Crippen LogP contribution in [0.25, 0.3) is 0 Å². The topological polar surface area (TPSA) is 17.1 Å². The molecule has 0 radical (unpaired) electrons. The van der Waals surface area contributed by atoms with Gasteiger partial charge in [-0.3, -0.25) is 0 Å². The van der Waals surface area contributed by atoms with E-state index in [0.717, 1.165) is 10.3 Å². The van der Waals surface area contributed by atoms with Gasteiger partial charge in [0.2, 0.25) is 0 Å². The van der Waals surface area contributed by atoms with Crippen LogP contribution < -0.4 is 17.2 Å². The molecular weight excluding hydrogens is 366 g/mol. The normalized spacial score (nSPS) is 36.6. The summed E-state index contributed by atoms with van der Waals surface area (Å²) in [7, 11) is 0. The first-order valence-corrected chi connectivity index (χ1v) is 14.1. The number of rotatable bonds is 1. The van der Waals surface area contributed by atoms with Gasteiger partial charge in [-0.15, -0.1) is 0 Å². The van der Waals surface area contributed by atoms with Crippen molar-refractivity contribution in [3.8, 4) is 0 Å².